The highest BCUT2D eigenvalue weighted by Crippen LogP contribution is 2.34. The first-order valence-corrected chi connectivity index (χ1v) is 8.57. The fourth-order valence-electron chi connectivity index (χ4n) is 3.89. The molecule has 4 rings (SSSR count). The van der Waals surface area contributed by atoms with Gasteiger partial charge in [0.2, 0.25) is 0 Å². The summed E-state index contributed by atoms with van der Waals surface area (Å²) in [6.07, 6.45) is 2.95. The summed E-state index contributed by atoms with van der Waals surface area (Å²) >= 11 is 0. The summed E-state index contributed by atoms with van der Waals surface area (Å²) in [6.45, 7) is 6.97. The molecule has 0 unspecified atom stereocenters. The fourth-order valence-corrected chi connectivity index (χ4v) is 3.89. The molecule has 0 saturated heterocycles. The lowest BCUT2D eigenvalue weighted by Crippen LogP contribution is -2.31. The van der Waals surface area contributed by atoms with E-state index in [0.717, 1.165) is 25.3 Å². The topological polar surface area (TPSA) is 41.3 Å². The number of aliphatic hydroxyl groups is 1. The average molecular weight is 321 g/mol. The molecular weight excluding hydrogens is 298 g/mol. The Balaban J connectivity index is 1.82. The van der Waals surface area contributed by atoms with Crippen LogP contribution in [0.5, 0.6) is 0 Å². The highest BCUT2D eigenvalue weighted by molar-refractivity contribution is 5.94. The fraction of sp³-hybridized carbons (Fsp3) is 0.350. The number of hydrogen-bond acceptors (Lipinski definition) is 3. The third-order valence-corrected chi connectivity index (χ3v) is 5.28. The second-order valence-electron chi connectivity index (χ2n) is 6.55. The van der Waals surface area contributed by atoms with Gasteiger partial charge in [0.15, 0.2) is 0 Å². The molecule has 124 valence electrons. The summed E-state index contributed by atoms with van der Waals surface area (Å²) in [7, 11) is 0. The van der Waals surface area contributed by atoms with Crippen LogP contribution in [0.25, 0.3) is 10.9 Å². The quantitative estimate of drug-likeness (QED) is 0.805. The number of pyridine rings is 1. The van der Waals surface area contributed by atoms with Gasteiger partial charge in [-0.1, -0.05) is 24.3 Å². The molecule has 24 heavy (non-hydrogen) atoms. The van der Waals surface area contributed by atoms with Crippen LogP contribution in [0.1, 0.15) is 22.4 Å². The number of hydrogen-bond donors (Lipinski definition) is 1. The molecule has 0 spiro atoms. The molecule has 3 heterocycles. The molecule has 0 bridgehead atoms. The zero-order valence-electron chi connectivity index (χ0n) is 14.3. The first kappa shape index (κ1) is 15.2. The molecule has 1 aliphatic heterocycles. The molecule has 1 aliphatic rings. The van der Waals surface area contributed by atoms with Gasteiger partial charge in [0.1, 0.15) is 5.82 Å². The van der Waals surface area contributed by atoms with Crippen molar-refractivity contribution in [3.05, 3.63) is 58.9 Å². The number of aryl methyl sites for hydroxylation is 1. The van der Waals surface area contributed by atoms with Crippen LogP contribution in [-0.4, -0.2) is 27.8 Å². The van der Waals surface area contributed by atoms with Crippen LogP contribution in [0.15, 0.2) is 36.5 Å². The molecule has 2 aromatic heterocycles. The normalized spacial score (nSPS) is 14.2. The summed E-state index contributed by atoms with van der Waals surface area (Å²) in [4.78, 5) is 7.12. The highest BCUT2D eigenvalue weighted by Gasteiger charge is 2.22. The lowest BCUT2D eigenvalue weighted by Gasteiger charge is -2.30. The predicted octanol–water partition coefficient (Wildman–Crippen LogP) is 3.21. The van der Waals surface area contributed by atoms with Crippen LogP contribution in [0, 0.1) is 13.8 Å². The van der Waals surface area contributed by atoms with E-state index in [1.807, 2.05) is 6.20 Å². The highest BCUT2D eigenvalue weighted by atomic mass is 16.3. The molecule has 0 saturated carbocycles. The smallest absolute Gasteiger partial charge is 0.138 e. The van der Waals surface area contributed by atoms with Crippen molar-refractivity contribution in [3.8, 4) is 0 Å². The van der Waals surface area contributed by atoms with Gasteiger partial charge in [-0.2, -0.15) is 0 Å². The molecule has 3 aromatic rings. The molecule has 0 radical (unpaired) electrons. The summed E-state index contributed by atoms with van der Waals surface area (Å²) in [5.41, 5.74) is 6.49. The SMILES string of the molecule is Cc1c(C)n(CCO)c2ccnc(N3CCc4ccccc4C3)c12. The van der Waals surface area contributed by atoms with E-state index in [1.54, 1.807) is 0 Å². The van der Waals surface area contributed by atoms with Crippen LogP contribution in [0.2, 0.25) is 0 Å². The number of nitrogens with zero attached hydrogens (tertiary/aromatic N) is 3. The van der Waals surface area contributed by atoms with Crippen molar-refractivity contribution in [2.75, 3.05) is 18.1 Å². The average Bonchev–Trinajstić information content (AvgIpc) is 2.87. The number of aliphatic hydroxyl groups excluding tert-OH is 1. The van der Waals surface area contributed by atoms with Crippen molar-refractivity contribution in [2.45, 2.75) is 33.4 Å². The summed E-state index contributed by atoms with van der Waals surface area (Å²) in [5.74, 6) is 1.07. The van der Waals surface area contributed by atoms with Gasteiger partial charge in [-0.15, -0.1) is 0 Å². The largest absolute Gasteiger partial charge is 0.395 e. The second kappa shape index (κ2) is 5.95. The van der Waals surface area contributed by atoms with Gasteiger partial charge in [0, 0.05) is 36.9 Å². The molecule has 0 atom stereocenters. The molecule has 1 aromatic carbocycles. The third kappa shape index (κ3) is 2.29. The van der Waals surface area contributed by atoms with E-state index in [0.29, 0.717) is 6.54 Å². The van der Waals surface area contributed by atoms with Gasteiger partial charge in [0.05, 0.1) is 12.1 Å². The van der Waals surface area contributed by atoms with E-state index in [2.05, 4.69) is 53.6 Å². The summed E-state index contributed by atoms with van der Waals surface area (Å²) < 4.78 is 2.20. The molecule has 0 fully saturated rings. The van der Waals surface area contributed by atoms with Gasteiger partial charge in [-0.3, -0.25) is 0 Å². The van der Waals surface area contributed by atoms with Crippen molar-refractivity contribution in [1.82, 2.24) is 9.55 Å². The Morgan fingerprint density at radius 2 is 1.92 bits per heavy atom. The lowest BCUT2D eigenvalue weighted by molar-refractivity contribution is 0.277. The van der Waals surface area contributed by atoms with Gasteiger partial charge >= 0.3 is 0 Å². The van der Waals surface area contributed by atoms with E-state index in [-0.39, 0.29) is 6.61 Å². The number of fused-ring (bicyclic) bond motifs is 2. The Kier molecular flexibility index (Phi) is 3.77. The van der Waals surface area contributed by atoms with Crippen molar-refractivity contribution < 1.29 is 5.11 Å². The van der Waals surface area contributed by atoms with Gasteiger partial charge in [-0.05, 0) is 43.0 Å². The first-order chi connectivity index (χ1) is 11.7. The van der Waals surface area contributed by atoms with Crippen molar-refractivity contribution in [2.24, 2.45) is 0 Å². The van der Waals surface area contributed by atoms with Gasteiger partial charge in [-0.25, -0.2) is 4.98 Å². The number of anilines is 1. The minimum atomic E-state index is 0.152. The summed E-state index contributed by atoms with van der Waals surface area (Å²) in [5, 5.41) is 10.6. The monoisotopic (exact) mass is 321 g/mol. The van der Waals surface area contributed by atoms with E-state index in [9.17, 15) is 5.11 Å². The lowest BCUT2D eigenvalue weighted by atomic mass is 9.99. The van der Waals surface area contributed by atoms with Crippen LogP contribution in [-0.2, 0) is 19.5 Å². The Hall–Kier alpha value is -2.33. The molecular formula is C20H23N3O. The summed E-state index contributed by atoms with van der Waals surface area (Å²) in [6, 6.07) is 10.7. The van der Waals surface area contributed by atoms with Crippen LogP contribution < -0.4 is 4.90 Å². The van der Waals surface area contributed by atoms with Crippen LogP contribution >= 0.6 is 0 Å². The standard InChI is InChI=1S/C20H23N3O/c1-14-15(2)23(11-12-24)18-7-9-21-20(19(14)18)22-10-8-16-5-3-4-6-17(16)13-22/h3-7,9,24H,8,10-13H2,1-2H3. The maximum atomic E-state index is 9.39. The minimum absolute atomic E-state index is 0.152. The Bertz CT molecular complexity index is 897. The van der Waals surface area contributed by atoms with Gasteiger partial charge in [0.25, 0.3) is 0 Å². The molecule has 0 aliphatic carbocycles. The number of aromatic nitrogens is 2. The van der Waals surface area contributed by atoms with E-state index >= 15 is 0 Å². The zero-order valence-corrected chi connectivity index (χ0v) is 14.3. The van der Waals surface area contributed by atoms with E-state index < -0.39 is 0 Å². The predicted molar refractivity (Wildman–Crippen MR) is 97.5 cm³/mol. The third-order valence-electron chi connectivity index (χ3n) is 5.28. The van der Waals surface area contributed by atoms with Crippen LogP contribution in [0.4, 0.5) is 5.82 Å². The Labute approximate surface area is 142 Å². The van der Waals surface area contributed by atoms with Crippen molar-refractivity contribution in [3.63, 3.8) is 0 Å². The molecule has 1 N–H and O–H groups in total. The molecule has 4 nitrogen and oxygen atoms in total. The first-order valence-electron chi connectivity index (χ1n) is 8.57. The molecule has 4 heteroatoms. The van der Waals surface area contributed by atoms with Gasteiger partial charge < -0.3 is 14.6 Å². The van der Waals surface area contributed by atoms with E-state index in [4.69, 9.17) is 4.98 Å². The maximum Gasteiger partial charge on any atom is 0.138 e. The Morgan fingerprint density at radius 1 is 1.12 bits per heavy atom. The second-order valence-corrected chi connectivity index (χ2v) is 6.55. The van der Waals surface area contributed by atoms with Crippen LogP contribution in [0.3, 0.4) is 0 Å². The van der Waals surface area contributed by atoms with Crippen molar-refractivity contribution in [1.29, 1.82) is 0 Å². The minimum Gasteiger partial charge on any atom is -0.395 e. The number of benzene rings is 1. The van der Waals surface area contributed by atoms with Crippen molar-refractivity contribution >= 4 is 16.7 Å². The zero-order chi connectivity index (χ0) is 16.7. The molecule has 0 amide bonds. The van der Waals surface area contributed by atoms with E-state index in [1.165, 1.54) is 33.3 Å². The number of rotatable bonds is 3. The maximum absolute atomic E-state index is 9.39. The Morgan fingerprint density at radius 3 is 2.71 bits per heavy atom.